The average molecular weight is 255 g/mol. The zero-order valence-electron chi connectivity index (χ0n) is 10.5. The van der Waals surface area contributed by atoms with Crippen molar-refractivity contribution in [2.45, 2.75) is 45.2 Å². The smallest absolute Gasteiger partial charge is 0.242 e. The molecular formula is C12H21N3OS. The first-order valence-corrected chi connectivity index (χ1v) is 7.44. The molecule has 0 aromatic rings. The second kappa shape index (κ2) is 5.76. The molecule has 0 radical (unpaired) electrons. The van der Waals surface area contributed by atoms with Crippen molar-refractivity contribution in [3.05, 3.63) is 0 Å². The van der Waals surface area contributed by atoms with Gasteiger partial charge < -0.3 is 10.6 Å². The molecule has 17 heavy (non-hydrogen) atoms. The molecule has 4 nitrogen and oxygen atoms in total. The van der Waals surface area contributed by atoms with Gasteiger partial charge in [0.1, 0.15) is 6.04 Å². The van der Waals surface area contributed by atoms with Crippen molar-refractivity contribution in [1.29, 1.82) is 0 Å². The van der Waals surface area contributed by atoms with Gasteiger partial charge in [0.2, 0.25) is 5.91 Å². The maximum absolute atomic E-state index is 11.6. The van der Waals surface area contributed by atoms with Gasteiger partial charge in [-0.2, -0.15) is 0 Å². The number of likely N-dealkylation sites (N-methyl/N-ethyl adjacent to an activating group) is 1. The first-order chi connectivity index (χ1) is 8.20. The van der Waals surface area contributed by atoms with Crippen molar-refractivity contribution < 1.29 is 4.79 Å². The molecule has 3 unspecified atom stereocenters. The third-order valence-corrected chi connectivity index (χ3v) is 4.51. The predicted octanol–water partition coefficient (Wildman–Crippen LogP) is 1.37. The molecule has 1 amide bonds. The number of fused-ring (bicyclic) bond motifs is 1. The Morgan fingerprint density at radius 3 is 3.18 bits per heavy atom. The van der Waals surface area contributed by atoms with Gasteiger partial charge >= 0.3 is 0 Å². The van der Waals surface area contributed by atoms with Crippen LogP contribution in [0.5, 0.6) is 0 Å². The molecule has 2 aliphatic rings. The van der Waals surface area contributed by atoms with Crippen LogP contribution in [0.25, 0.3) is 0 Å². The van der Waals surface area contributed by atoms with Crippen LogP contribution in [0, 0.1) is 5.92 Å². The molecule has 1 aliphatic carbocycles. The monoisotopic (exact) mass is 255 g/mol. The Morgan fingerprint density at radius 2 is 2.41 bits per heavy atom. The molecule has 96 valence electrons. The Kier molecular flexibility index (Phi) is 4.31. The van der Waals surface area contributed by atoms with Crippen LogP contribution in [-0.2, 0) is 4.79 Å². The Labute approximate surface area is 107 Å². The van der Waals surface area contributed by atoms with Crippen LogP contribution in [0.2, 0.25) is 0 Å². The number of hydrogen-bond donors (Lipinski definition) is 2. The second-order valence-electron chi connectivity index (χ2n) is 4.76. The standard InChI is InChI=1S/C12H21N3OS/c1-3-13-11(16)8(2)14-12-15-10-6-4-5-9(10)7-17-12/h8-10H,3-7H2,1-2H3,(H,13,16)(H,14,15). The summed E-state index contributed by atoms with van der Waals surface area (Å²) in [6.07, 6.45) is 3.84. The Hall–Kier alpha value is -0.710. The van der Waals surface area contributed by atoms with Gasteiger partial charge in [-0.3, -0.25) is 9.79 Å². The topological polar surface area (TPSA) is 53.5 Å². The number of amidine groups is 1. The summed E-state index contributed by atoms with van der Waals surface area (Å²) >= 11 is 1.76. The number of hydrogen-bond acceptors (Lipinski definition) is 4. The molecule has 0 aromatic carbocycles. The van der Waals surface area contributed by atoms with E-state index in [0.29, 0.717) is 12.6 Å². The van der Waals surface area contributed by atoms with E-state index in [-0.39, 0.29) is 11.9 Å². The maximum Gasteiger partial charge on any atom is 0.242 e. The molecule has 5 heteroatoms. The Bertz CT molecular complexity index is 319. The molecule has 0 aromatic heterocycles. The number of nitrogens with zero attached hydrogens (tertiary/aromatic N) is 1. The van der Waals surface area contributed by atoms with Crippen LogP contribution in [-0.4, -0.2) is 35.5 Å². The van der Waals surface area contributed by atoms with E-state index in [1.807, 2.05) is 13.8 Å². The van der Waals surface area contributed by atoms with Crippen LogP contribution >= 0.6 is 11.8 Å². The van der Waals surface area contributed by atoms with E-state index in [9.17, 15) is 4.79 Å². The van der Waals surface area contributed by atoms with E-state index >= 15 is 0 Å². The van der Waals surface area contributed by atoms with Crippen molar-refractivity contribution in [1.82, 2.24) is 10.6 Å². The second-order valence-corrected chi connectivity index (χ2v) is 5.77. The number of nitrogens with one attached hydrogen (secondary N) is 2. The lowest BCUT2D eigenvalue weighted by atomic mass is 10.1. The fourth-order valence-corrected chi connectivity index (χ4v) is 3.64. The van der Waals surface area contributed by atoms with E-state index in [1.54, 1.807) is 11.8 Å². The van der Waals surface area contributed by atoms with Gasteiger partial charge in [-0.25, -0.2) is 0 Å². The molecule has 0 bridgehead atoms. The first-order valence-electron chi connectivity index (χ1n) is 6.45. The molecule has 2 rings (SSSR count). The minimum absolute atomic E-state index is 0.0457. The largest absolute Gasteiger partial charge is 0.355 e. The third kappa shape index (κ3) is 3.15. The normalized spacial score (nSPS) is 29.2. The molecule has 2 N–H and O–H groups in total. The van der Waals surface area contributed by atoms with Crippen LogP contribution in [0.15, 0.2) is 4.99 Å². The maximum atomic E-state index is 11.6. The number of carbonyl (C=O) groups excluding carboxylic acids is 1. The number of amides is 1. The van der Waals surface area contributed by atoms with Gasteiger partial charge in [-0.1, -0.05) is 18.2 Å². The SMILES string of the molecule is CCNC(=O)C(C)NC1=NC2CCCC2CS1. The summed E-state index contributed by atoms with van der Waals surface area (Å²) in [4.78, 5) is 16.3. The van der Waals surface area contributed by atoms with Gasteiger partial charge in [0, 0.05) is 12.3 Å². The highest BCUT2D eigenvalue weighted by molar-refractivity contribution is 8.13. The summed E-state index contributed by atoms with van der Waals surface area (Å²) < 4.78 is 0. The van der Waals surface area contributed by atoms with E-state index in [0.717, 1.165) is 16.8 Å². The lowest BCUT2D eigenvalue weighted by molar-refractivity contribution is -0.122. The predicted molar refractivity (Wildman–Crippen MR) is 72.3 cm³/mol. The van der Waals surface area contributed by atoms with Crippen LogP contribution in [0.4, 0.5) is 0 Å². The van der Waals surface area contributed by atoms with Crippen LogP contribution in [0.1, 0.15) is 33.1 Å². The number of aliphatic imine (C=N–C) groups is 1. The molecule has 0 spiro atoms. The van der Waals surface area contributed by atoms with Crippen molar-refractivity contribution in [2.24, 2.45) is 10.9 Å². The number of rotatable bonds is 3. The molecule has 1 saturated carbocycles. The van der Waals surface area contributed by atoms with E-state index in [4.69, 9.17) is 4.99 Å². The summed E-state index contributed by atoms with van der Waals surface area (Å²) in [5, 5.41) is 6.98. The van der Waals surface area contributed by atoms with Gasteiger partial charge in [-0.15, -0.1) is 0 Å². The molecule has 0 saturated heterocycles. The van der Waals surface area contributed by atoms with Crippen LogP contribution in [0.3, 0.4) is 0 Å². The number of carbonyl (C=O) groups is 1. The van der Waals surface area contributed by atoms with Gasteiger partial charge in [-0.05, 0) is 32.6 Å². The fraction of sp³-hybridized carbons (Fsp3) is 0.833. The molecular weight excluding hydrogens is 234 g/mol. The van der Waals surface area contributed by atoms with E-state index in [1.165, 1.54) is 19.3 Å². The van der Waals surface area contributed by atoms with Gasteiger partial charge in [0.05, 0.1) is 6.04 Å². The van der Waals surface area contributed by atoms with Crippen molar-refractivity contribution in [3.8, 4) is 0 Å². The average Bonchev–Trinajstić information content (AvgIpc) is 2.76. The molecule has 3 atom stereocenters. The number of thioether (sulfide) groups is 1. The Balaban J connectivity index is 1.88. The molecule has 1 fully saturated rings. The van der Waals surface area contributed by atoms with Gasteiger partial charge in [0.15, 0.2) is 5.17 Å². The van der Waals surface area contributed by atoms with Gasteiger partial charge in [0.25, 0.3) is 0 Å². The minimum atomic E-state index is -0.195. The highest BCUT2D eigenvalue weighted by atomic mass is 32.2. The van der Waals surface area contributed by atoms with Crippen molar-refractivity contribution in [2.75, 3.05) is 12.3 Å². The van der Waals surface area contributed by atoms with Crippen LogP contribution < -0.4 is 10.6 Å². The minimum Gasteiger partial charge on any atom is -0.355 e. The lowest BCUT2D eigenvalue weighted by Gasteiger charge is -2.25. The molecule has 1 aliphatic heterocycles. The summed E-state index contributed by atoms with van der Waals surface area (Å²) in [6, 6.07) is 0.305. The molecule has 1 heterocycles. The van der Waals surface area contributed by atoms with Crippen molar-refractivity contribution in [3.63, 3.8) is 0 Å². The highest BCUT2D eigenvalue weighted by Crippen LogP contribution is 2.34. The summed E-state index contributed by atoms with van der Waals surface area (Å²) in [6.45, 7) is 4.49. The summed E-state index contributed by atoms with van der Waals surface area (Å²) in [5.74, 6) is 1.97. The van der Waals surface area contributed by atoms with E-state index in [2.05, 4.69) is 10.6 Å². The zero-order valence-corrected chi connectivity index (χ0v) is 11.3. The highest BCUT2D eigenvalue weighted by Gasteiger charge is 2.31. The third-order valence-electron chi connectivity index (χ3n) is 3.42. The summed E-state index contributed by atoms with van der Waals surface area (Å²) in [7, 11) is 0. The fourth-order valence-electron chi connectivity index (χ4n) is 2.41. The summed E-state index contributed by atoms with van der Waals surface area (Å²) in [5.41, 5.74) is 0. The zero-order chi connectivity index (χ0) is 12.3. The Morgan fingerprint density at radius 1 is 1.59 bits per heavy atom. The first kappa shape index (κ1) is 12.7. The lowest BCUT2D eigenvalue weighted by Crippen LogP contribution is -2.45. The van der Waals surface area contributed by atoms with E-state index < -0.39 is 0 Å². The van der Waals surface area contributed by atoms with Crippen molar-refractivity contribution >= 4 is 22.8 Å². The quantitative estimate of drug-likeness (QED) is 0.801.